The van der Waals surface area contributed by atoms with Crippen LogP contribution in [0.2, 0.25) is 0 Å². The van der Waals surface area contributed by atoms with Crippen LogP contribution in [0.25, 0.3) is 11.4 Å². The molecule has 7 heteroatoms. The molecule has 2 fully saturated rings. The number of rotatable bonds is 9. The average molecular weight is 495 g/mol. The predicted octanol–water partition coefficient (Wildman–Crippen LogP) is 4.98. The van der Waals surface area contributed by atoms with Crippen molar-refractivity contribution in [3.8, 4) is 17.1 Å². The Balaban J connectivity index is 1.23. The summed E-state index contributed by atoms with van der Waals surface area (Å²) >= 11 is 0. The third kappa shape index (κ3) is 4.76. The molecule has 2 aromatic carbocycles. The van der Waals surface area contributed by atoms with Crippen LogP contribution in [0, 0.1) is 11.8 Å². The number of pyridine rings is 1. The summed E-state index contributed by atoms with van der Waals surface area (Å²) in [7, 11) is 4.09. The van der Waals surface area contributed by atoms with Gasteiger partial charge in [-0.25, -0.2) is 0 Å². The molecular formula is C30H34N6O. The summed E-state index contributed by atoms with van der Waals surface area (Å²) in [5.74, 6) is 3.05. The number of fused-ring (bicyclic) bond motifs is 2. The van der Waals surface area contributed by atoms with Gasteiger partial charge in [-0.1, -0.05) is 48.9 Å². The van der Waals surface area contributed by atoms with Crippen LogP contribution < -0.4 is 4.74 Å². The maximum atomic E-state index is 6.02. The number of nitrogens with zero attached hydrogens (tertiary/aromatic N) is 6. The lowest BCUT2D eigenvalue weighted by atomic mass is 9.64. The molecule has 2 aliphatic rings. The van der Waals surface area contributed by atoms with Gasteiger partial charge in [0.2, 0.25) is 5.82 Å². The number of hydrogen-bond acceptors (Lipinski definition) is 6. The third-order valence-corrected chi connectivity index (χ3v) is 8.19. The van der Waals surface area contributed by atoms with Gasteiger partial charge in [0, 0.05) is 23.7 Å². The van der Waals surface area contributed by atoms with Crippen molar-refractivity contribution in [3.63, 3.8) is 0 Å². The Labute approximate surface area is 218 Å². The molecule has 190 valence electrons. The third-order valence-electron chi connectivity index (χ3n) is 8.19. The van der Waals surface area contributed by atoms with Gasteiger partial charge in [-0.3, -0.25) is 4.98 Å². The topological polar surface area (TPSA) is 69.0 Å². The smallest absolute Gasteiger partial charge is 0.204 e. The molecular weight excluding hydrogens is 460 g/mol. The molecule has 37 heavy (non-hydrogen) atoms. The number of hydrogen-bond donors (Lipinski definition) is 0. The molecule has 0 saturated heterocycles. The molecule has 0 radical (unpaired) electrons. The first-order chi connectivity index (χ1) is 18.1. The monoisotopic (exact) mass is 494 g/mol. The van der Waals surface area contributed by atoms with Crippen LogP contribution in [0.3, 0.4) is 0 Å². The minimum absolute atomic E-state index is 0.0533. The van der Waals surface area contributed by atoms with Gasteiger partial charge in [0.25, 0.3) is 0 Å². The van der Waals surface area contributed by atoms with Crippen molar-refractivity contribution in [2.75, 3.05) is 20.6 Å². The van der Waals surface area contributed by atoms with Crippen LogP contribution in [0.15, 0.2) is 72.9 Å². The first-order valence-electron chi connectivity index (χ1n) is 13.3. The van der Waals surface area contributed by atoms with Gasteiger partial charge < -0.3 is 9.64 Å². The minimum Gasteiger partial charge on any atom is -0.487 e. The van der Waals surface area contributed by atoms with Gasteiger partial charge >= 0.3 is 0 Å². The lowest BCUT2D eigenvalue weighted by Crippen LogP contribution is -2.34. The zero-order valence-electron chi connectivity index (χ0n) is 21.6. The molecule has 2 bridgehead atoms. The van der Waals surface area contributed by atoms with Crippen molar-refractivity contribution in [3.05, 3.63) is 89.7 Å². The molecule has 7 nitrogen and oxygen atoms in total. The quantitative estimate of drug-likeness (QED) is 0.327. The van der Waals surface area contributed by atoms with Gasteiger partial charge in [-0.05, 0) is 85.8 Å². The maximum Gasteiger partial charge on any atom is 0.204 e. The zero-order chi connectivity index (χ0) is 25.2. The van der Waals surface area contributed by atoms with E-state index in [-0.39, 0.29) is 5.41 Å². The summed E-state index contributed by atoms with van der Waals surface area (Å²) in [5.41, 5.74) is 4.79. The Hall–Kier alpha value is -3.58. The maximum absolute atomic E-state index is 6.02. The van der Waals surface area contributed by atoms with E-state index in [1.807, 2.05) is 32.3 Å². The molecule has 0 N–H and O–H groups in total. The molecule has 3 unspecified atom stereocenters. The Morgan fingerprint density at radius 2 is 1.76 bits per heavy atom. The summed E-state index contributed by atoms with van der Waals surface area (Å²) in [4.78, 5) is 8.15. The first kappa shape index (κ1) is 23.8. The van der Waals surface area contributed by atoms with E-state index in [9.17, 15) is 0 Å². The fourth-order valence-corrected chi connectivity index (χ4v) is 6.35. The van der Waals surface area contributed by atoms with Gasteiger partial charge in [0.15, 0.2) is 0 Å². The number of ether oxygens (including phenoxy) is 1. The van der Waals surface area contributed by atoms with Crippen LogP contribution >= 0.6 is 0 Å². The van der Waals surface area contributed by atoms with E-state index in [1.54, 1.807) is 11.0 Å². The molecule has 6 rings (SSSR count). The number of benzene rings is 2. The Morgan fingerprint density at radius 1 is 0.973 bits per heavy atom. The SMILES string of the molecule is CN(C)CCn1nnc(-c2ccc(C3(c4ccc(OCc5ccccn5)cc4)CC4CCC3C4)cc2)n1. The molecule has 2 heterocycles. The first-order valence-corrected chi connectivity index (χ1v) is 13.3. The molecule has 3 atom stereocenters. The Morgan fingerprint density at radius 3 is 2.41 bits per heavy atom. The summed E-state index contributed by atoms with van der Waals surface area (Å²) < 4.78 is 6.02. The van der Waals surface area contributed by atoms with E-state index in [4.69, 9.17) is 4.74 Å². The van der Waals surface area contributed by atoms with Crippen LogP contribution in [-0.4, -0.2) is 50.7 Å². The number of tetrazole rings is 1. The van der Waals surface area contributed by atoms with Crippen LogP contribution in [0.4, 0.5) is 0 Å². The molecule has 2 saturated carbocycles. The highest BCUT2D eigenvalue weighted by Gasteiger charge is 2.52. The molecule has 0 aliphatic heterocycles. The van der Waals surface area contributed by atoms with E-state index in [0.717, 1.165) is 36.0 Å². The second kappa shape index (κ2) is 10.1. The van der Waals surface area contributed by atoms with Crippen molar-refractivity contribution >= 4 is 0 Å². The van der Waals surface area contributed by atoms with E-state index in [0.29, 0.717) is 18.3 Å². The molecule has 4 aromatic rings. The number of aromatic nitrogens is 5. The van der Waals surface area contributed by atoms with Crippen molar-refractivity contribution in [2.45, 2.75) is 44.2 Å². The van der Waals surface area contributed by atoms with E-state index in [1.165, 1.54) is 36.8 Å². The summed E-state index contributed by atoms with van der Waals surface area (Å²) in [6.45, 7) is 2.09. The minimum atomic E-state index is 0.0533. The Kier molecular flexibility index (Phi) is 6.47. The fraction of sp³-hybridized carbons (Fsp3) is 0.400. The lowest BCUT2D eigenvalue weighted by molar-refractivity contribution is 0.299. The van der Waals surface area contributed by atoms with E-state index >= 15 is 0 Å². The zero-order valence-corrected chi connectivity index (χ0v) is 21.6. The molecule has 0 amide bonds. The van der Waals surface area contributed by atoms with Gasteiger partial charge in [0.05, 0.1) is 12.2 Å². The highest BCUT2D eigenvalue weighted by Crippen LogP contribution is 2.60. The second-order valence-corrected chi connectivity index (χ2v) is 10.8. The summed E-state index contributed by atoms with van der Waals surface area (Å²) in [5, 5.41) is 13.1. The standard InChI is InChI=1S/C30H34N6O/c1-35(2)17-18-36-33-29(32-34-36)23-7-10-24(11-8-23)30(20-22-6-9-26(30)19-22)25-12-14-28(15-13-25)37-21-27-5-3-4-16-31-27/h3-5,7-8,10-16,22,26H,6,9,17-21H2,1-2H3. The average Bonchev–Trinajstić information content (AvgIpc) is 3.69. The van der Waals surface area contributed by atoms with E-state index < -0.39 is 0 Å². The lowest BCUT2D eigenvalue weighted by Gasteiger charge is -2.39. The van der Waals surface area contributed by atoms with Crippen molar-refractivity contribution < 1.29 is 4.74 Å². The summed E-state index contributed by atoms with van der Waals surface area (Å²) in [6.07, 6.45) is 6.99. The summed E-state index contributed by atoms with van der Waals surface area (Å²) in [6, 6.07) is 23.6. The molecule has 2 aliphatic carbocycles. The van der Waals surface area contributed by atoms with Crippen molar-refractivity contribution in [1.29, 1.82) is 0 Å². The normalized spacial score (nSPS) is 22.6. The van der Waals surface area contributed by atoms with Crippen molar-refractivity contribution in [2.24, 2.45) is 11.8 Å². The highest BCUT2D eigenvalue weighted by molar-refractivity contribution is 5.56. The fourth-order valence-electron chi connectivity index (χ4n) is 6.35. The highest BCUT2D eigenvalue weighted by atomic mass is 16.5. The largest absolute Gasteiger partial charge is 0.487 e. The Bertz CT molecular complexity index is 1320. The molecule has 0 spiro atoms. The predicted molar refractivity (Wildman–Crippen MR) is 143 cm³/mol. The van der Waals surface area contributed by atoms with Crippen molar-refractivity contribution in [1.82, 2.24) is 30.1 Å². The van der Waals surface area contributed by atoms with Gasteiger partial charge in [0.1, 0.15) is 12.4 Å². The number of likely N-dealkylation sites (N-methyl/N-ethyl adjacent to an activating group) is 1. The van der Waals surface area contributed by atoms with Crippen LogP contribution in [0.5, 0.6) is 5.75 Å². The van der Waals surface area contributed by atoms with Crippen LogP contribution in [-0.2, 0) is 18.6 Å². The van der Waals surface area contributed by atoms with Gasteiger partial charge in [-0.15, -0.1) is 10.2 Å². The van der Waals surface area contributed by atoms with Crippen LogP contribution in [0.1, 0.15) is 42.5 Å². The van der Waals surface area contributed by atoms with Gasteiger partial charge in [-0.2, -0.15) is 4.80 Å². The second-order valence-electron chi connectivity index (χ2n) is 10.8. The molecule has 2 aromatic heterocycles. The van der Waals surface area contributed by atoms with E-state index in [2.05, 4.69) is 73.8 Å².